The Morgan fingerprint density at radius 3 is 2.37 bits per heavy atom. The number of nitrogens with one attached hydrogen (secondary N) is 5. The Morgan fingerprint density at radius 1 is 0.902 bits per heavy atom. The van der Waals surface area contributed by atoms with Crippen molar-refractivity contribution >= 4 is 29.5 Å². The van der Waals surface area contributed by atoms with Crippen LogP contribution in [0.1, 0.15) is 54.6 Å². The van der Waals surface area contributed by atoms with E-state index in [0.29, 0.717) is 30.8 Å². The fourth-order valence-corrected chi connectivity index (χ4v) is 5.52. The molecule has 1 aliphatic heterocycles. The molecule has 0 unspecified atom stereocenters. The molecule has 0 fully saturated rings. The molecule has 3 aromatic carbocycles. The molecule has 0 aliphatic carbocycles. The van der Waals surface area contributed by atoms with Gasteiger partial charge in [0.2, 0.25) is 23.6 Å². The second-order valence-electron chi connectivity index (χ2n) is 12.7. The SMILES string of the molecule is COc1ccc(CCCNC(=O)[C@@H]2CC(=O)NC(C)(C)C(=O)N[C@@H](Cc3ccccc3)C(=O)NCCCOc3ccccc3C(=O)N2)cc1OC. The number of amides is 5. The van der Waals surface area contributed by atoms with Gasteiger partial charge in [0.15, 0.2) is 11.5 Å². The van der Waals surface area contributed by atoms with Gasteiger partial charge in [-0.15, -0.1) is 0 Å². The predicted molar refractivity (Wildman–Crippen MR) is 191 cm³/mol. The summed E-state index contributed by atoms with van der Waals surface area (Å²) in [4.78, 5) is 67.2. The second-order valence-corrected chi connectivity index (χ2v) is 12.7. The van der Waals surface area contributed by atoms with Gasteiger partial charge < -0.3 is 40.8 Å². The third-order valence-electron chi connectivity index (χ3n) is 8.33. The number of methoxy groups -OCH3 is 2. The minimum Gasteiger partial charge on any atom is -0.493 e. The summed E-state index contributed by atoms with van der Waals surface area (Å²) in [6, 6.07) is 19.2. The molecule has 3 aromatic rings. The first-order valence-corrected chi connectivity index (χ1v) is 17.0. The molecule has 51 heavy (non-hydrogen) atoms. The van der Waals surface area contributed by atoms with E-state index in [0.717, 1.165) is 11.1 Å². The van der Waals surface area contributed by atoms with Crippen LogP contribution >= 0.6 is 0 Å². The highest BCUT2D eigenvalue weighted by molar-refractivity contribution is 6.01. The minimum absolute atomic E-state index is 0.178. The molecule has 0 saturated carbocycles. The summed E-state index contributed by atoms with van der Waals surface area (Å²) in [5.41, 5.74) is 0.529. The van der Waals surface area contributed by atoms with Gasteiger partial charge in [0.05, 0.1) is 32.8 Å². The van der Waals surface area contributed by atoms with E-state index in [1.54, 1.807) is 38.5 Å². The van der Waals surface area contributed by atoms with E-state index in [2.05, 4.69) is 26.6 Å². The van der Waals surface area contributed by atoms with Gasteiger partial charge >= 0.3 is 0 Å². The van der Waals surface area contributed by atoms with Gasteiger partial charge in [-0.2, -0.15) is 0 Å². The number of benzene rings is 3. The number of hydrogen-bond donors (Lipinski definition) is 5. The molecule has 272 valence electrons. The van der Waals surface area contributed by atoms with Crippen molar-refractivity contribution in [2.75, 3.05) is 33.9 Å². The van der Waals surface area contributed by atoms with Crippen molar-refractivity contribution in [3.63, 3.8) is 0 Å². The van der Waals surface area contributed by atoms with E-state index < -0.39 is 53.6 Å². The molecule has 0 saturated heterocycles. The molecule has 0 radical (unpaired) electrons. The lowest BCUT2D eigenvalue weighted by molar-refractivity contribution is -0.135. The van der Waals surface area contributed by atoms with E-state index in [9.17, 15) is 24.0 Å². The third-order valence-corrected chi connectivity index (χ3v) is 8.33. The lowest BCUT2D eigenvalue weighted by Crippen LogP contribution is -2.60. The molecule has 1 heterocycles. The number of rotatable bonds is 9. The van der Waals surface area contributed by atoms with Crippen molar-refractivity contribution in [2.45, 2.75) is 63.6 Å². The van der Waals surface area contributed by atoms with Crippen LogP contribution in [0.25, 0.3) is 0 Å². The highest BCUT2D eigenvalue weighted by Crippen LogP contribution is 2.28. The van der Waals surface area contributed by atoms with Crippen LogP contribution in [-0.2, 0) is 32.0 Å². The van der Waals surface area contributed by atoms with E-state index in [4.69, 9.17) is 14.2 Å². The number of carbonyl (C=O) groups is 5. The van der Waals surface area contributed by atoms with Gasteiger partial charge in [-0.25, -0.2) is 0 Å². The molecule has 0 spiro atoms. The number of fused-ring (bicyclic) bond motifs is 1. The maximum atomic E-state index is 13.5. The molecule has 5 N–H and O–H groups in total. The Morgan fingerprint density at radius 2 is 1.63 bits per heavy atom. The Labute approximate surface area is 298 Å². The molecule has 13 heteroatoms. The van der Waals surface area contributed by atoms with Crippen LogP contribution in [0.5, 0.6) is 17.2 Å². The summed E-state index contributed by atoms with van der Waals surface area (Å²) in [5.74, 6) is -1.32. The van der Waals surface area contributed by atoms with Crippen molar-refractivity contribution in [3.05, 3.63) is 89.5 Å². The monoisotopic (exact) mass is 701 g/mol. The molecule has 13 nitrogen and oxygen atoms in total. The smallest absolute Gasteiger partial charge is 0.255 e. The fraction of sp³-hybridized carbons (Fsp3) is 0.395. The number of ether oxygens (including phenoxy) is 3. The lowest BCUT2D eigenvalue weighted by Gasteiger charge is -2.29. The summed E-state index contributed by atoms with van der Waals surface area (Å²) >= 11 is 0. The number of aryl methyl sites for hydroxylation is 1. The van der Waals surface area contributed by atoms with Crippen LogP contribution in [-0.4, -0.2) is 81.1 Å². The Hall–Kier alpha value is -5.59. The van der Waals surface area contributed by atoms with Crippen LogP contribution in [0.3, 0.4) is 0 Å². The molecule has 5 amide bonds. The van der Waals surface area contributed by atoms with E-state index in [-0.39, 0.29) is 37.4 Å². The zero-order valence-corrected chi connectivity index (χ0v) is 29.5. The summed E-state index contributed by atoms with van der Waals surface area (Å²) in [5, 5.41) is 13.8. The quantitative estimate of drug-likeness (QED) is 0.212. The average Bonchev–Trinajstić information content (AvgIpc) is 3.12. The summed E-state index contributed by atoms with van der Waals surface area (Å²) in [6.07, 6.45) is 1.38. The van der Waals surface area contributed by atoms with Crippen LogP contribution in [0.15, 0.2) is 72.8 Å². The largest absolute Gasteiger partial charge is 0.493 e. The first kappa shape index (κ1) is 38.2. The standard InChI is InChI=1S/C38H47N5O8/c1-38(2)37(48)42-28(22-25-12-6-5-7-13-25)35(46)40-20-11-21-51-30-16-9-8-15-27(30)34(45)41-29(24-33(44)43-38)36(47)39-19-10-14-26-17-18-31(49-3)32(23-26)50-4/h5-9,12-13,15-18,23,28-29H,10-11,14,19-22,24H2,1-4H3,(H,39,47)(H,40,46)(H,41,45)(H,42,48)(H,43,44)/t28-,29-/m0/s1. The zero-order valence-electron chi connectivity index (χ0n) is 29.5. The normalized spacial score (nSPS) is 18.6. The van der Waals surface area contributed by atoms with Gasteiger partial charge in [0.1, 0.15) is 23.4 Å². The second kappa shape index (κ2) is 18.4. The number of carbonyl (C=O) groups excluding carboxylic acids is 5. The highest BCUT2D eigenvalue weighted by atomic mass is 16.5. The van der Waals surface area contributed by atoms with E-state index in [1.165, 1.54) is 13.8 Å². The molecule has 4 rings (SSSR count). The first-order chi connectivity index (χ1) is 24.5. The van der Waals surface area contributed by atoms with Crippen LogP contribution < -0.4 is 40.8 Å². The third kappa shape index (κ3) is 11.2. The van der Waals surface area contributed by atoms with Crippen molar-refractivity contribution < 1.29 is 38.2 Å². The molecule has 1 aliphatic rings. The van der Waals surface area contributed by atoms with Gasteiger partial charge in [0.25, 0.3) is 5.91 Å². The highest BCUT2D eigenvalue weighted by Gasteiger charge is 2.35. The zero-order chi connectivity index (χ0) is 36.8. The number of hydrogen-bond acceptors (Lipinski definition) is 8. The molecule has 0 aromatic heterocycles. The minimum atomic E-state index is -1.47. The van der Waals surface area contributed by atoms with Gasteiger partial charge in [-0.3, -0.25) is 24.0 Å². The van der Waals surface area contributed by atoms with Crippen LogP contribution in [0.4, 0.5) is 0 Å². The molecule has 2 atom stereocenters. The molecule has 0 bridgehead atoms. The maximum Gasteiger partial charge on any atom is 0.255 e. The average molecular weight is 702 g/mol. The molecular weight excluding hydrogens is 654 g/mol. The summed E-state index contributed by atoms with van der Waals surface area (Å²) < 4.78 is 16.6. The van der Waals surface area contributed by atoms with Crippen molar-refractivity contribution in [1.82, 2.24) is 26.6 Å². The van der Waals surface area contributed by atoms with Crippen LogP contribution in [0.2, 0.25) is 0 Å². The van der Waals surface area contributed by atoms with Crippen molar-refractivity contribution in [1.29, 1.82) is 0 Å². The summed E-state index contributed by atoms with van der Waals surface area (Å²) in [6.45, 7) is 3.71. The van der Waals surface area contributed by atoms with E-state index >= 15 is 0 Å². The van der Waals surface area contributed by atoms with E-state index in [1.807, 2.05) is 48.5 Å². The predicted octanol–water partition coefficient (Wildman–Crippen LogP) is 2.46. The Bertz CT molecular complexity index is 1680. The van der Waals surface area contributed by atoms with Gasteiger partial charge in [0, 0.05) is 19.5 Å². The molecular formula is C38H47N5O8. The number of para-hydroxylation sites is 1. The van der Waals surface area contributed by atoms with Gasteiger partial charge in [-0.1, -0.05) is 48.5 Å². The Balaban J connectivity index is 1.51. The Kier molecular flexibility index (Phi) is 13.8. The first-order valence-electron chi connectivity index (χ1n) is 17.0. The fourth-order valence-electron chi connectivity index (χ4n) is 5.52. The van der Waals surface area contributed by atoms with Crippen LogP contribution in [0, 0.1) is 0 Å². The van der Waals surface area contributed by atoms with Crippen molar-refractivity contribution in [3.8, 4) is 17.2 Å². The summed E-state index contributed by atoms with van der Waals surface area (Å²) in [7, 11) is 3.12. The van der Waals surface area contributed by atoms with Crippen molar-refractivity contribution in [2.24, 2.45) is 0 Å². The topological polar surface area (TPSA) is 173 Å². The van der Waals surface area contributed by atoms with Gasteiger partial charge in [-0.05, 0) is 68.5 Å². The lowest BCUT2D eigenvalue weighted by atomic mass is 10.00. The maximum absolute atomic E-state index is 13.5.